The van der Waals surface area contributed by atoms with Crippen molar-refractivity contribution in [3.05, 3.63) is 60.4 Å². The molecule has 3 rings (SSSR count). The minimum absolute atomic E-state index is 0.0682. The van der Waals surface area contributed by atoms with E-state index in [0.29, 0.717) is 0 Å². The lowest BCUT2D eigenvalue weighted by atomic mass is 10.0. The first-order chi connectivity index (χ1) is 12.2. The summed E-state index contributed by atoms with van der Waals surface area (Å²) >= 11 is 0. The molecule has 1 saturated heterocycles. The van der Waals surface area contributed by atoms with Gasteiger partial charge >= 0.3 is 0 Å². The largest absolute Gasteiger partial charge is 0.497 e. The van der Waals surface area contributed by atoms with E-state index in [-0.39, 0.29) is 11.9 Å². The summed E-state index contributed by atoms with van der Waals surface area (Å²) in [6.07, 6.45) is 8.84. The van der Waals surface area contributed by atoms with Gasteiger partial charge in [-0.15, -0.1) is 0 Å². The molecule has 0 radical (unpaired) electrons. The van der Waals surface area contributed by atoms with Gasteiger partial charge < -0.3 is 15.0 Å². The Kier molecular flexibility index (Phi) is 5.67. The van der Waals surface area contributed by atoms with Crippen molar-refractivity contribution in [1.82, 2.24) is 10.3 Å². The molecule has 0 aliphatic carbocycles. The summed E-state index contributed by atoms with van der Waals surface area (Å²) in [7, 11) is 1.67. The maximum absolute atomic E-state index is 12.2. The molecule has 130 valence electrons. The number of piperidine rings is 1. The Balaban J connectivity index is 1.57. The van der Waals surface area contributed by atoms with Gasteiger partial charge in [0.15, 0.2) is 0 Å². The molecule has 1 aromatic carbocycles. The number of hydrogen-bond donors (Lipinski definition) is 1. The highest BCUT2D eigenvalue weighted by Gasteiger charge is 2.21. The van der Waals surface area contributed by atoms with Crippen LogP contribution in [0.3, 0.4) is 0 Å². The number of amides is 1. The van der Waals surface area contributed by atoms with Gasteiger partial charge in [0.25, 0.3) is 0 Å². The quantitative estimate of drug-likeness (QED) is 0.853. The van der Waals surface area contributed by atoms with Crippen molar-refractivity contribution in [3.63, 3.8) is 0 Å². The second-order valence-electron chi connectivity index (χ2n) is 6.11. The summed E-state index contributed by atoms with van der Waals surface area (Å²) in [6.45, 7) is 1.80. The van der Waals surface area contributed by atoms with Gasteiger partial charge in [-0.3, -0.25) is 9.78 Å². The number of aromatic nitrogens is 1. The molecule has 0 bridgehead atoms. The molecule has 1 aromatic heterocycles. The van der Waals surface area contributed by atoms with E-state index in [1.807, 2.05) is 30.3 Å². The van der Waals surface area contributed by atoms with Gasteiger partial charge in [0, 0.05) is 49.4 Å². The van der Waals surface area contributed by atoms with Crippen molar-refractivity contribution in [2.24, 2.45) is 0 Å². The van der Waals surface area contributed by atoms with E-state index in [1.165, 1.54) is 0 Å². The number of hydrogen-bond acceptors (Lipinski definition) is 4. The molecule has 25 heavy (non-hydrogen) atoms. The highest BCUT2D eigenvalue weighted by Crippen LogP contribution is 2.24. The summed E-state index contributed by atoms with van der Waals surface area (Å²) in [5.74, 6) is 0.782. The van der Waals surface area contributed by atoms with E-state index < -0.39 is 0 Å². The van der Waals surface area contributed by atoms with Gasteiger partial charge in [-0.2, -0.15) is 0 Å². The van der Waals surface area contributed by atoms with Gasteiger partial charge in [0.05, 0.1) is 7.11 Å². The lowest BCUT2D eigenvalue weighted by molar-refractivity contribution is -0.117. The Morgan fingerprint density at radius 1 is 1.36 bits per heavy atom. The third kappa shape index (κ3) is 4.83. The molecule has 0 saturated carbocycles. The van der Waals surface area contributed by atoms with E-state index >= 15 is 0 Å². The third-order valence-electron chi connectivity index (χ3n) is 4.30. The van der Waals surface area contributed by atoms with Crippen LogP contribution in [-0.4, -0.2) is 37.1 Å². The van der Waals surface area contributed by atoms with Crippen LogP contribution in [0.15, 0.2) is 54.9 Å². The topological polar surface area (TPSA) is 54.5 Å². The molecular weight excluding hydrogens is 314 g/mol. The monoisotopic (exact) mass is 337 g/mol. The van der Waals surface area contributed by atoms with Crippen LogP contribution in [0, 0.1) is 0 Å². The Morgan fingerprint density at radius 2 is 2.28 bits per heavy atom. The molecule has 0 spiro atoms. The molecule has 1 amide bonds. The Hall–Kier alpha value is -2.82. The zero-order valence-corrected chi connectivity index (χ0v) is 14.4. The summed E-state index contributed by atoms with van der Waals surface area (Å²) < 4.78 is 5.30. The first kappa shape index (κ1) is 17.0. The van der Waals surface area contributed by atoms with E-state index in [4.69, 9.17) is 4.74 Å². The number of pyridine rings is 1. The molecule has 1 N–H and O–H groups in total. The molecule has 0 unspecified atom stereocenters. The van der Waals surface area contributed by atoms with Crippen LogP contribution in [-0.2, 0) is 4.79 Å². The third-order valence-corrected chi connectivity index (χ3v) is 4.30. The van der Waals surface area contributed by atoms with Crippen molar-refractivity contribution < 1.29 is 9.53 Å². The fraction of sp³-hybridized carbons (Fsp3) is 0.300. The zero-order chi connectivity index (χ0) is 17.5. The second kappa shape index (κ2) is 8.33. The fourth-order valence-electron chi connectivity index (χ4n) is 3.03. The summed E-state index contributed by atoms with van der Waals surface area (Å²) in [5, 5.41) is 3.10. The maximum Gasteiger partial charge on any atom is 0.244 e. The number of anilines is 1. The Labute approximate surface area is 148 Å². The predicted octanol–water partition coefficient (Wildman–Crippen LogP) is 2.89. The van der Waals surface area contributed by atoms with Gasteiger partial charge in [-0.05, 0) is 42.7 Å². The normalized spacial score (nSPS) is 17.5. The number of benzene rings is 1. The average Bonchev–Trinajstić information content (AvgIpc) is 2.67. The van der Waals surface area contributed by atoms with Gasteiger partial charge in [0.1, 0.15) is 5.75 Å². The fourth-order valence-corrected chi connectivity index (χ4v) is 3.03. The minimum atomic E-state index is -0.0682. The number of carbonyl (C=O) groups excluding carboxylic acids is 1. The van der Waals surface area contributed by atoms with Crippen LogP contribution in [0.25, 0.3) is 6.08 Å². The number of carbonyl (C=O) groups is 1. The van der Waals surface area contributed by atoms with E-state index in [0.717, 1.165) is 42.9 Å². The standard InChI is InChI=1S/C20H23N3O2/c1-25-19-8-2-7-18(13-19)23-12-4-6-17(15-23)22-20(24)10-9-16-5-3-11-21-14-16/h2-3,5,7-11,13-14,17H,4,6,12,15H2,1H3,(H,22,24)/b10-9+/t17-/m0/s1. The molecule has 5 heteroatoms. The van der Waals surface area contributed by atoms with Gasteiger partial charge in [0.2, 0.25) is 5.91 Å². The molecule has 2 heterocycles. The summed E-state index contributed by atoms with van der Waals surface area (Å²) in [6, 6.07) is 12.0. The van der Waals surface area contributed by atoms with Gasteiger partial charge in [-0.25, -0.2) is 0 Å². The predicted molar refractivity (Wildman–Crippen MR) is 99.6 cm³/mol. The van der Waals surface area contributed by atoms with Crippen molar-refractivity contribution >= 4 is 17.7 Å². The smallest absolute Gasteiger partial charge is 0.244 e. The minimum Gasteiger partial charge on any atom is -0.497 e. The molecule has 1 fully saturated rings. The first-order valence-corrected chi connectivity index (χ1v) is 8.52. The van der Waals surface area contributed by atoms with Crippen LogP contribution in [0.4, 0.5) is 5.69 Å². The average molecular weight is 337 g/mol. The van der Waals surface area contributed by atoms with Crippen LogP contribution < -0.4 is 15.0 Å². The maximum atomic E-state index is 12.2. The molecule has 1 aliphatic rings. The van der Waals surface area contributed by atoms with Crippen LogP contribution in [0.5, 0.6) is 5.75 Å². The lowest BCUT2D eigenvalue weighted by Gasteiger charge is -2.34. The van der Waals surface area contributed by atoms with E-state index in [9.17, 15) is 4.79 Å². The Bertz CT molecular complexity index is 731. The number of nitrogens with zero attached hydrogens (tertiary/aromatic N) is 2. The van der Waals surface area contributed by atoms with Crippen molar-refractivity contribution in [3.8, 4) is 5.75 Å². The van der Waals surface area contributed by atoms with E-state index in [2.05, 4.69) is 21.3 Å². The van der Waals surface area contributed by atoms with Crippen LogP contribution in [0.1, 0.15) is 18.4 Å². The molecule has 5 nitrogen and oxygen atoms in total. The zero-order valence-electron chi connectivity index (χ0n) is 14.4. The second-order valence-corrected chi connectivity index (χ2v) is 6.11. The number of nitrogens with one attached hydrogen (secondary N) is 1. The van der Waals surface area contributed by atoms with Crippen molar-refractivity contribution in [1.29, 1.82) is 0 Å². The summed E-state index contributed by atoms with van der Waals surface area (Å²) in [4.78, 5) is 18.5. The van der Waals surface area contributed by atoms with Crippen LogP contribution in [0.2, 0.25) is 0 Å². The van der Waals surface area contributed by atoms with Crippen molar-refractivity contribution in [2.45, 2.75) is 18.9 Å². The molecule has 2 aromatic rings. The van der Waals surface area contributed by atoms with Crippen LogP contribution >= 0.6 is 0 Å². The number of methoxy groups -OCH3 is 1. The molecule has 1 atom stereocenters. The number of ether oxygens (including phenoxy) is 1. The Morgan fingerprint density at radius 3 is 3.08 bits per heavy atom. The molecule has 1 aliphatic heterocycles. The number of rotatable bonds is 5. The molecular formula is C20H23N3O2. The van der Waals surface area contributed by atoms with Gasteiger partial charge in [-0.1, -0.05) is 12.1 Å². The first-order valence-electron chi connectivity index (χ1n) is 8.52. The van der Waals surface area contributed by atoms with E-state index in [1.54, 1.807) is 31.7 Å². The summed E-state index contributed by atoms with van der Waals surface area (Å²) in [5.41, 5.74) is 2.04. The SMILES string of the molecule is COc1cccc(N2CCC[C@H](NC(=O)/C=C/c3cccnc3)C2)c1. The lowest BCUT2D eigenvalue weighted by Crippen LogP contribution is -2.47. The van der Waals surface area contributed by atoms with Crippen molar-refractivity contribution in [2.75, 3.05) is 25.1 Å². The highest BCUT2D eigenvalue weighted by atomic mass is 16.5. The highest BCUT2D eigenvalue weighted by molar-refractivity contribution is 5.91.